The first-order valence-corrected chi connectivity index (χ1v) is 13.4. The van der Waals surface area contributed by atoms with Crippen LogP contribution in [-0.2, 0) is 32.1 Å². The van der Waals surface area contributed by atoms with Crippen molar-refractivity contribution in [3.8, 4) is 0 Å². The smallest absolute Gasteiger partial charge is 0.414 e. The third kappa shape index (κ3) is 13.2. The molecule has 42 heavy (non-hydrogen) atoms. The van der Waals surface area contributed by atoms with Crippen molar-refractivity contribution in [2.45, 2.75) is 72.6 Å². The molecule has 0 unspecified atom stereocenters. The Kier molecular flexibility index (Phi) is 12.3. The first kappa shape index (κ1) is 33.6. The molecule has 0 spiro atoms. The average molecular weight is 588 g/mol. The highest BCUT2D eigenvalue weighted by molar-refractivity contribution is 6.01. The topological polar surface area (TPSA) is 174 Å². The number of oxime groups is 1. The van der Waals surface area contributed by atoms with Crippen molar-refractivity contribution in [2.75, 3.05) is 25.0 Å². The van der Waals surface area contributed by atoms with Crippen LogP contribution in [-0.4, -0.2) is 64.5 Å². The summed E-state index contributed by atoms with van der Waals surface area (Å²) in [5, 5.41) is 13.9. The molecule has 1 heterocycles. The predicted octanol–water partition coefficient (Wildman–Crippen LogP) is 2.66. The van der Waals surface area contributed by atoms with Gasteiger partial charge >= 0.3 is 12.2 Å². The quantitative estimate of drug-likeness (QED) is 0.141. The zero-order chi connectivity index (χ0) is 31.3. The van der Waals surface area contributed by atoms with E-state index in [4.69, 9.17) is 14.3 Å². The van der Waals surface area contributed by atoms with Crippen molar-refractivity contribution >= 4 is 29.9 Å². The Morgan fingerprint density at radius 2 is 1.52 bits per heavy atom. The Balaban J connectivity index is 1.90. The number of benzene rings is 1. The maximum atomic E-state index is 12.9. The van der Waals surface area contributed by atoms with Crippen LogP contribution in [0.4, 0.5) is 15.4 Å². The molecule has 14 heteroatoms. The normalized spacial score (nSPS) is 11.1. The molecule has 3 amide bonds. The predicted molar refractivity (Wildman–Crippen MR) is 157 cm³/mol. The van der Waals surface area contributed by atoms with Gasteiger partial charge in [0.1, 0.15) is 24.4 Å². The van der Waals surface area contributed by atoms with E-state index in [1.54, 1.807) is 48.5 Å². The molecular weight excluding hydrogens is 546 g/mol. The van der Waals surface area contributed by atoms with Crippen LogP contribution in [0.2, 0.25) is 0 Å². The van der Waals surface area contributed by atoms with Crippen LogP contribution in [0.3, 0.4) is 0 Å². The number of carbonyl (C=O) groups excluding carboxylic acids is 3. The van der Waals surface area contributed by atoms with Gasteiger partial charge in [0.2, 0.25) is 5.91 Å². The Bertz CT molecular complexity index is 1260. The minimum atomic E-state index is -0.874. The van der Waals surface area contributed by atoms with Gasteiger partial charge in [0.05, 0.1) is 6.54 Å². The lowest BCUT2D eigenvalue weighted by molar-refractivity contribution is -0.122. The first-order valence-electron chi connectivity index (χ1n) is 13.4. The summed E-state index contributed by atoms with van der Waals surface area (Å²) >= 11 is 0. The third-order valence-corrected chi connectivity index (χ3v) is 5.01. The number of anilines is 1. The summed E-state index contributed by atoms with van der Waals surface area (Å²) in [4.78, 5) is 59.0. The number of carbonyl (C=O) groups is 3. The van der Waals surface area contributed by atoms with Crippen LogP contribution in [0.15, 0.2) is 46.5 Å². The number of nitrogens with zero attached hydrogens (tertiary/aromatic N) is 3. The Morgan fingerprint density at radius 1 is 0.929 bits per heavy atom. The van der Waals surface area contributed by atoms with Crippen molar-refractivity contribution in [2.24, 2.45) is 5.16 Å². The molecule has 0 aliphatic heterocycles. The Morgan fingerprint density at radius 3 is 2.10 bits per heavy atom. The van der Waals surface area contributed by atoms with E-state index in [1.165, 1.54) is 10.8 Å². The van der Waals surface area contributed by atoms with Crippen molar-refractivity contribution in [3.63, 3.8) is 0 Å². The summed E-state index contributed by atoms with van der Waals surface area (Å²) in [5.74, 6) is -0.645. The maximum absolute atomic E-state index is 12.9. The number of guanidine groups is 1. The molecule has 0 aliphatic carbocycles. The summed E-state index contributed by atoms with van der Waals surface area (Å²) in [7, 11) is 0. The molecule has 14 nitrogen and oxygen atoms in total. The third-order valence-electron chi connectivity index (χ3n) is 5.01. The number of alkyl carbamates (subject to hydrolysis) is 2. The van der Waals surface area contributed by atoms with E-state index in [-0.39, 0.29) is 31.5 Å². The fraction of sp³-hybridized carbons (Fsp3) is 0.500. The van der Waals surface area contributed by atoms with Crippen molar-refractivity contribution < 1.29 is 28.7 Å². The number of hydrogen-bond acceptors (Lipinski definition) is 10. The molecule has 0 fully saturated rings. The highest BCUT2D eigenvalue weighted by Gasteiger charge is 2.21. The second-order valence-corrected chi connectivity index (χ2v) is 11.2. The number of rotatable bonds is 10. The standard InChI is InChI=1S/C28H41N7O7/c1-19-17-31-22(30-14-13-20-11-9-8-10-12-20)23(37)35(19)18-21(36)29-15-16-40-34-24(32-25(38)41-27(2,3)4)33-26(39)42-28(5,6)7/h8-12,17H,13-16,18H2,1-7H3,(H,29,36)(H,30,31)(H2,32,33,34,38,39). The molecular formula is C28H41N7O7. The second kappa shape index (κ2) is 15.4. The zero-order valence-electron chi connectivity index (χ0n) is 25.2. The van der Waals surface area contributed by atoms with Gasteiger partial charge in [-0.05, 0) is 65.6 Å². The summed E-state index contributed by atoms with van der Waals surface area (Å²) in [6, 6.07) is 9.83. The first-order chi connectivity index (χ1) is 19.6. The number of ether oxygens (including phenoxy) is 2. The minimum Gasteiger partial charge on any atom is -0.444 e. The molecule has 2 rings (SSSR count). The zero-order valence-corrected chi connectivity index (χ0v) is 25.2. The monoisotopic (exact) mass is 587 g/mol. The van der Waals surface area contributed by atoms with Crippen LogP contribution in [0.1, 0.15) is 52.8 Å². The van der Waals surface area contributed by atoms with Crippen LogP contribution in [0.5, 0.6) is 0 Å². The number of aryl methyl sites for hydroxylation is 1. The van der Waals surface area contributed by atoms with Gasteiger partial charge in [-0.25, -0.2) is 14.6 Å². The van der Waals surface area contributed by atoms with Crippen molar-refractivity contribution in [1.29, 1.82) is 0 Å². The van der Waals surface area contributed by atoms with E-state index in [0.717, 1.165) is 5.56 Å². The van der Waals surface area contributed by atoms with Crippen molar-refractivity contribution in [1.82, 2.24) is 25.5 Å². The number of hydrogen-bond donors (Lipinski definition) is 4. The van der Waals surface area contributed by atoms with Gasteiger partial charge in [0, 0.05) is 18.4 Å². The molecule has 0 atom stereocenters. The molecule has 4 N–H and O–H groups in total. The Hall–Kier alpha value is -4.62. The molecule has 0 bridgehead atoms. The van der Waals surface area contributed by atoms with Crippen LogP contribution < -0.4 is 26.8 Å². The van der Waals surface area contributed by atoms with E-state index in [2.05, 4.69) is 31.4 Å². The summed E-state index contributed by atoms with van der Waals surface area (Å²) in [5.41, 5.74) is -0.349. The van der Waals surface area contributed by atoms with Gasteiger partial charge in [0.15, 0.2) is 5.82 Å². The van der Waals surface area contributed by atoms with Crippen LogP contribution in [0.25, 0.3) is 0 Å². The lowest BCUT2D eigenvalue weighted by Crippen LogP contribution is -2.47. The highest BCUT2D eigenvalue weighted by atomic mass is 16.6. The molecule has 1 aromatic carbocycles. The van der Waals surface area contributed by atoms with Gasteiger partial charge in [-0.15, -0.1) is 0 Å². The summed E-state index contributed by atoms with van der Waals surface area (Å²) in [6.45, 7) is 11.9. The SMILES string of the molecule is Cc1cnc(NCCc2ccccc2)c(=O)n1CC(=O)NCCON=C(NC(=O)OC(C)(C)C)NC(=O)OC(C)(C)C. The maximum Gasteiger partial charge on any atom is 0.414 e. The molecule has 0 radical (unpaired) electrons. The lowest BCUT2D eigenvalue weighted by atomic mass is 10.1. The number of aromatic nitrogens is 2. The highest BCUT2D eigenvalue weighted by Crippen LogP contribution is 2.08. The molecule has 0 aliphatic rings. The molecule has 1 aromatic heterocycles. The molecule has 230 valence electrons. The second-order valence-electron chi connectivity index (χ2n) is 11.2. The van der Waals surface area contributed by atoms with Crippen molar-refractivity contribution in [3.05, 3.63) is 58.1 Å². The van der Waals surface area contributed by atoms with Gasteiger partial charge in [-0.3, -0.25) is 24.8 Å². The van der Waals surface area contributed by atoms with Gasteiger partial charge in [0.25, 0.3) is 11.5 Å². The van der Waals surface area contributed by atoms with E-state index in [9.17, 15) is 19.2 Å². The fourth-order valence-electron chi connectivity index (χ4n) is 3.28. The van der Waals surface area contributed by atoms with Gasteiger partial charge in [-0.1, -0.05) is 30.3 Å². The Labute approximate surface area is 245 Å². The van der Waals surface area contributed by atoms with E-state index < -0.39 is 34.9 Å². The minimum absolute atomic E-state index is 0.0234. The lowest BCUT2D eigenvalue weighted by Gasteiger charge is -2.21. The number of amides is 3. The van der Waals surface area contributed by atoms with E-state index in [0.29, 0.717) is 18.7 Å². The fourth-order valence-corrected chi connectivity index (χ4v) is 3.28. The number of nitrogens with one attached hydrogen (secondary N) is 4. The van der Waals surface area contributed by atoms with Crippen LogP contribution >= 0.6 is 0 Å². The summed E-state index contributed by atoms with van der Waals surface area (Å²) in [6.07, 6.45) is 0.484. The van der Waals surface area contributed by atoms with Crippen LogP contribution in [0, 0.1) is 6.92 Å². The molecule has 0 saturated heterocycles. The van der Waals surface area contributed by atoms with Gasteiger partial charge in [-0.2, -0.15) is 0 Å². The molecule has 0 saturated carbocycles. The average Bonchev–Trinajstić information content (AvgIpc) is 2.86. The molecule has 2 aromatic rings. The van der Waals surface area contributed by atoms with E-state index in [1.807, 2.05) is 30.3 Å². The van der Waals surface area contributed by atoms with Gasteiger partial charge < -0.3 is 24.9 Å². The van der Waals surface area contributed by atoms with E-state index >= 15 is 0 Å². The summed E-state index contributed by atoms with van der Waals surface area (Å²) < 4.78 is 11.6. The largest absolute Gasteiger partial charge is 0.444 e.